The molecule has 1 saturated heterocycles. The van der Waals surface area contributed by atoms with E-state index >= 15 is 0 Å². The molecule has 0 aliphatic carbocycles. The first-order chi connectivity index (χ1) is 6.09. The molecular formula is C7H13N3O3. The lowest BCUT2D eigenvalue weighted by Gasteiger charge is -2.09. The van der Waals surface area contributed by atoms with Crippen molar-refractivity contribution in [3.8, 4) is 0 Å². The minimum absolute atomic E-state index is 0.170. The summed E-state index contributed by atoms with van der Waals surface area (Å²) in [5, 5.41) is 2.50. The molecule has 0 aromatic heterocycles. The van der Waals surface area contributed by atoms with E-state index in [1.54, 1.807) is 6.92 Å². The van der Waals surface area contributed by atoms with Crippen molar-refractivity contribution in [2.24, 2.45) is 5.73 Å². The van der Waals surface area contributed by atoms with Crippen LogP contribution >= 0.6 is 0 Å². The molecule has 1 rings (SSSR count). The molecule has 74 valence electrons. The molecule has 1 heterocycles. The molecule has 1 fully saturated rings. The van der Waals surface area contributed by atoms with E-state index in [1.165, 1.54) is 0 Å². The molecule has 1 unspecified atom stereocenters. The van der Waals surface area contributed by atoms with Crippen molar-refractivity contribution in [3.63, 3.8) is 0 Å². The molecule has 1 aliphatic heterocycles. The highest BCUT2D eigenvalue weighted by Crippen LogP contribution is 1.95. The summed E-state index contributed by atoms with van der Waals surface area (Å²) < 4.78 is 0. The van der Waals surface area contributed by atoms with E-state index in [0.717, 1.165) is 0 Å². The van der Waals surface area contributed by atoms with E-state index in [4.69, 9.17) is 5.73 Å². The van der Waals surface area contributed by atoms with Crippen LogP contribution in [-0.2, 0) is 14.4 Å². The molecule has 4 N–H and O–H groups in total. The molecule has 0 aromatic rings. The Morgan fingerprint density at radius 3 is 3.08 bits per heavy atom. The fraction of sp³-hybridized carbons (Fsp3) is 0.714. The number of carbonyl (C=O) groups is 2. The Hall–Kier alpha value is -1.14. The zero-order valence-corrected chi connectivity index (χ0v) is 7.37. The van der Waals surface area contributed by atoms with Gasteiger partial charge >= 0.3 is 0 Å². The molecule has 6 heteroatoms. The Kier molecular flexibility index (Phi) is 3.21. The Morgan fingerprint density at radius 2 is 2.62 bits per heavy atom. The third-order valence-corrected chi connectivity index (χ3v) is 1.58. The van der Waals surface area contributed by atoms with Crippen LogP contribution in [0.25, 0.3) is 0 Å². The number of carbonyl (C=O) groups excluding carboxylic acids is 2. The Labute approximate surface area is 75.8 Å². The van der Waals surface area contributed by atoms with Crippen molar-refractivity contribution in [2.75, 3.05) is 6.61 Å². The van der Waals surface area contributed by atoms with Crippen LogP contribution in [0, 0.1) is 0 Å². The predicted molar refractivity (Wildman–Crippen MR) is 44.3 cm³/mol. The number of hydrogen-bond donors (Lipinski definition) is 3. The lowest BCUT2D eigenvalue weighted by molar-refractivity contribution is -0.128. The third-order valence-electron chi connectivity index (χ3n) is 1.58. The van der Waals surface area contributed by atoms with E-state index in [0.29, 0.717) is 0 Å². The second-order valence-electron chi connectivity index (χ2n) is 3.08. The Balaban J connectivity index is 2.31. The smallest absolute Gasteiger partial charge is 0.268 e. The Bertz CT molecular complexity index is 217. The first-order valence-electron chi connectivity index (χ1n) is 4.06. The summed E-state index contributed by atoms with van der Waals surface area (Å²) in [5.74, 6) is -0.557. The van der Waals surface area contributed by atoms with Gasteiger partial charge in [-0.2, -0.15) is 0 Å². The molecule has 0 bridgehead atoms. The van der Waals surface area contributed by atoms with Gasteiger partial charge in [0.15, 0.2) is 0 Å². The van der Waals surface area contributed by atoms with Crippen LogP contribution in [0.4, 0.5) is 0 Å². The van der Waals surface area contributed by atoms with Crippen molar-refractivity contribution in [1.82, 2.24) is 10.8 Å². The fourth-order valence-electron chi connectivity index (χ4n) is 0.996. The number of hydrogen-bond acceptors (Lipinski definition) is 4. The molecule has 0 aromatic carbocycles. The minimum Gasteiger partial charge on any atom is -0.342 e. The van der Waals surface area contributed by atoms with Gasteiger partial charge < -0.3 is 11.1 Å². The van der Waals surface area contributed by atoms with E-state index < -0.39 is 6.04 Å². The summed E-state index contributed by atoms with van der Waals surface area (Å²) in [6.07, 6.45) is 0.212. The third kappa shape index (κ3) is 3.00. The van der Waals surface area contributed by atoms with Gasteiger partial charge in [-0.3, -0.25) is 14.4 Å². The van der Waals surface area contributed by atoms with Gasteiger partial charge in [-0.1, -0.05) is 0 Å². The average Bonchev–Trinajstić information content (AvgIpc) is 2.34. The second-order valence-corrected chi connectivity index (χ2v) is 3.08. The Morgan fingerprint density at radius 1 is 1.92 bits per heavy atom. The van der Waals surface area contributed by atoms with Gasteiger partial charge in [0.2, 0.25) is 5.91 Å². The maximum Gasteiger partial charge on any atom is 0.268 e. The van der Waals surface area contributed by atoms with Gasteiger partial charge in [0.1, 0.15) is 12.6 Å². The number of nitrogens with one attached hydrogen (secondary N) is 2. The zero-order valence-electron chi connectivity index (χ0n) is 7.37. The van der Waals surface area contributed by atoms with Gasteiger partial charge in [-0.05, 0) is 6.92 Å². The first kappa shape index (κ1) is 9.94. The zero-order chi connectivity index (χ0) is 9.84. The van der Waals surface area contributed by atoms with Crippen LogP contribution in [0.15, 0.2) is 0 Å². The van der Waals surface area contributed by atoms with E-state index in [2.05, 4.69) is 15.6 Å². The molecule has 13 heavy (non-hydrogen) atoms. The van der Waals surface area contributed by atoms with Gasteiger partial charge in [-0.25, -0.2) is 5.48 Å². The number of nitrogens with two attached hydrogens (primary N) is 1. The van der Waals surface area contributed by atoms with Crippen molar-refractivity contribution in [1.29, 1.82) is 0 Å². The predicted octanol–water partition coefficient (Wildman–Crippen LogP) is -1.73. The molecule has 0 saturated carbocycles. The van der Waals surface area contributed by atoms with Gasteiger partial charge in [0.25, 0.3) is 5.91 Å². The average molecular weight is 187 g/mol. The SMILES string of the molecule is CC(N)CC(=O)N[C@@H]1CONC1=O. The first-order valence-corrected chi connectivity index (χ1v) is 4.06. The highest BCUT2D eigenvalue weighted by molar-refractivity contribution is 5.88. The van der Waals surface area contributed by atoms with Crippen LogP contribution in [-0.4, -0.2) is 30.5 Å². The maximum absolute atomic E-state index is 11.1. The molecule has 2 amide bonds. The van der Waals surface area contributed by atoms with Crippen LogP contribution in [0.5, 0.6) is 0 Å². The molecule has 1 aliphatic rings. The van der Waals surface area contributed by atoms with Gasteiger partial charge in [-0.15, -0.1) is 0 Å². The maximum atomic E-state index is 11.1. The normalized spacial score (nSPS) is 23.8. The molecule has 6 nitrogen and oxygen atoms in total. The van der Waals surface area contributed by atoms with Crippen molar-refractivity contribution in [2.45, 2.75) is 25.4 Å². The summed E-state index contributed by atoms with van der Waals surface area (Å²) in [7, 11) is 0. The van der Waals surface area contributed by atoms with Crippen LogP contribution in [0.3, 0.4) is 0 Å². The van der Waals surface area contributed by atoms with Crippen LogP contribution in [0.2, 0.25) is 0 Å². The van der Waals surface area contributed by atoms with Crippen LogP contribution in [0.1, 0.15) is 13.3 Å². The molecular weight excluding hydrogens is 174 g/mol. The number of amides is 2. The summed E-state index contributed by atoms with van der Waals surface area (Å²) in [6, 6.07) is -0.781. The molecule has 0 spiro atoms. The lowest BCUT2D eigenvalue weighted by atomic mass is 10.2. The topological polar surface area (TPSA) is 93.5 Å². The minimum atomic E-state index is -0.578. The van der Waals surface area contributed by atoms with E-state index in [9.17, 15) is 9.59 Å². The second kappa shape index (κ2) is 4.20. The number of hydroxylamine groups is 1. The van der Waals surface area contributed by atoms with Crippen molar-refractivity contribution >= 4 is 11.8 Å². The monoisotopic (exact) mass is 187 g/mol. The van der Waals surface area contributed by atoms with E-state index in [-0.39, 0.29) is 30.9 Å². The standard InChI is InChI=1S/C7H13N3O3/c1-4(8)2-6(11)9-5-3-13-10-7(5)12/h4-5H,2-3,8H2,1H3,(H,9,11)(H,10,12)/t4?,5-/m1/s1. The highest BCUT2D eigenvalue weighted by atomic mass is 16.7. The van der Waals surface area contributed by atoms with Gasteiger partial charge in [0.05, 0.1) is 0 Å². The quantitative estimate of drug-likeness (QED) is 0.489. The summed E-state index contributed by atoms with van der Waals surface area (Å²) in [5.41, 5.74) is 7.55. The lowest BCUT2D eigenvalue weighted by Crippen LogP contribution is -2.43. The molecule has 0 radical (unpaired) electrons. The van der Waals surface area contributed by atoms with E-state index in [1.807, 2.05) is 0 Å². The summed E-state index contributed by atoms with van der Waals surface area (Å²) in [6.45, 7) is 1.90. The van der Waals surface area contributed by atoms with Gasteiger partial charge in [0, 0.05) is 12.5 Å². The highest BCUT2D eigenvalue weighted by Gasteiger charge is 2.26. The summed E-state index contributed by atoms with van der Waals surface area (Å²) >= 11 is 0. The van der Waals surface area contributed by atoms with Crippen LogP contribution < -0.4 is 16.5 Å². The largest absolute Gasteiger partial charge is 0.342 e. The number of rotatable bonds is 3. The summed E-state index contributed by atoms with van der Waals surface area (Å²) in [4.78, 5) is 26.7. The molecule has 2 atom stereocenters. The van der Waals surface area contributed by atoms with Crippen molar-refractivity contribution in [3.05, 3.63) is 0 Å². The van der Waals surface area contributed by atoms with Crippen molar-refractivity contribution < 1.29 is 14.4 Å². The fourth-order valence-corrected chi connectivity index (χ4v) is 0.996.